The molecule has 1 heterocycles. The van der Waals surface area contributed by atoms with E-state index in [9.17, 15) is 0 Å². The quantitative estimate of drug-likeness (QED) is 0.296. The van der Waals surface area contributed by atoms with Crippen molar-refractivity contribution in [2.45, 2.75) is 33.8 Å². The Kier molecular flexibility index (Phi) is 12.3. The maximum Gasteiger partial charge on any atom is 0.195 e. The van der Waals surface area contributed by atoms with E-state index in [4.69, 9.17) is 19.2 Å². The summed E-state index contributed by atoms with van der Waals surface area (Å²) >= 11 is 0. The Morgan fingerprint density at radius 3 is 2.76 bits per heavy atom. The predicted octanol–water partition coefficient (Wildman–Crippen LogP) is 3.45. The number of benzene rings is 1. The molecule has 166 valence electrons. The SMILES string of the molecule is CCNC(=NCC1CN(CC(C)C)CCO1)Nc1ccc(OCC)c(OC)c1.I. The minimum atomic E-state index is 0. The minimum absolute atomic E-state index is 0. The number of halogens is 1. The maximum atomic E-state index is 5.91. The average Bonchev–Trinajstić information content (AvgIpc) is 2.67. The molecule has 2 N–H and O–H groups in total. The highest BCUT2D eigenvalue weighted by atomic mass is 127. The summed E-state index contributed by atoms with van der Waals surface area (Å²) in [5.41, 5.74) is 0.894. The molecule has 1 aromatic rings. The van der Waals surface area contributed by atoms with Gasteiger partial charge in [0.25, 0.3) is 0 Å². The number of morpholine rings is 1. The fourth-order valence-corrected chi connectivity index (χ4v) is 3.23. The number of methoxy groups -OCH3 is 1. The lowest BCUT2D eigenvalue weighted by Crippen LogP contribution is -2.45. The third-order valence-corrected chi connectivity index (χ3v) is 4.37. The molecule has 1 fully saturated rings. The minimum Gasteiger partial charge on any atom is -0.493 e. The first-order valence-corrected chi connectivity index (χ1v) is 10.3. The number of anilines is 1. The monoisotopic (exact) mass is 520 g/mol. The summed E-state index contributed by atoms with van der Waals surface area (Å²) in [6.45, 7) is 14.3. The fourth-order valence-electron chi connectivity index (χ4n) is 3.23. The molecule has 1 aliphatic rings. The molecule has 0 aliphatic carbocycles. The third kappa shape index (κ3) is 8.96. The molecular formula is C21H37IN4O3. The summed E-state index contributed by atoms with van der Waals surface area (Å²) in [6, 6.07) is 5.78. The van der Waals surface area contributed by atoms with Gasteiger partial charge in [-0.2, -0.15) is 0 Å². The van der Waals surface area contributed by atoms with Gasteiger partial charge in [0.1, 0.15) is 0 Å². The van der Waals surface area contributed by atoms with Gasteiger partial charge >= 0.3 is 0 Å². The zero-order valence-corrected chi connectivity index (χ0v) is 20.7. The number of guanidine groups is 1. The fraction of sp³-hybridized carbons (Fsp3) is 0.667. The predicted molar refractivity (Wildman–Crippen MR) is 130 cm³/mol. The molecule has 29 heavy (non-hydrogen) atoms. The summed E-state index contributed by atoms with van der Waals surface area (Å²) < 4.78 is 16.9. The Balaban J connectivity index is 0.00000420. The molecule has 0 aromatic heterocycles. The van der Waals surface area contributed by atoms with Gasteiger partial charge < -0.3 is 24.8 Å². The van der Waals surface area contributed by atoms with E-state index in [0.29, 0.717) is 24.8 Å². The lowest BCUT2D eigenvalue weighted by Gasteiger charge is -2.33. The van der Waals surface area contributed by atoms with Crippen LogP contribution in [0.15, 0.2) is 23.2 Å². The zero-order valence-electron chi connectivity index (χ0n) is 18.4. The van der Waals surface area contributed by atoms with Crippen molar-refractivity contribution in [1.29, 1.82) is 0 Å². The Bertz CT molecular complexity index is 628. The van der Waals surface area contributed by atoms with Crippen molar-refractivity contribution >= 4 is 35.6 Å². The molecule has 8 heteroatoms. The van der Waals surface area contributed by atoms with Gasteiger partial charge in [0.05, 0.1) is 33.0 Å². The van der Waals surface area contributed by atoms with Crippen molar-refractivity contribution < 1.29 is 14.2 Å². The normalized spacial score (nSPS) is 17.6. The second-order valence-corrected chi connectivity index (χ2v) is 7.29. The Hall–Kier alpha value is -1.26. The van der Waals surface area contributed by atoms with Crippen LogP contribution in [0.5, 0.6) is 11.5 Å². The number of nitrogens with one attached hydrogen (secondary N) is 2. The molecule has 0 spiro atoms. The summed E-state index contributed by atoms with van der Waals surface area (Å²) in [7, 11) is 1.64. The average molecular weight is 520 g/mol. The zero-order chi connectivity index (χ0) is 20.4. The summed E-state index contributed by atoms with van der Waals surface area (Å²) in [4.78, 5) is 7.20. The number of aliphatic imine (C=N–C) groups is 1. The lowest BCUT2D eigenvalue weighted by atomic mass is 10.2. The first-order valence-electron chi connectivity index (χ1n) is 10.3. The van der Waals surface area contributed by atoms with E-state index >= 15 is 0 Å². The molecule has 1 atom stereocenters. The summed E-state index contributed by atoms with van der Waals surface area (Å²) in [5, 5.41) is 6.63. The third-order valence-electron chi connectivity index (χ3n) is 4.37. The molecule has 7 nitrogen and oxygen atoms in total. The lowest BCUT2D eigenvalue weighted by molar-refractivity contribution is -0.0261. The number of rotatable bonds is 9. The van der Waals surface area contributed by atoms with Crippen LogP contribution in [0.4, 0.5) is 5.69 Å². The molecule has 0 bridgehead atoms. The van der Waals surface area contributed by atoms with Crippen LogP contribution in [0, 0.1) is 5.92 Å². The van der Waals surface area contributed by atoms with Gasteiger partial charge in [0, 0.05) is 37.9 Å². The van der Waals surface area contributed by atoms with Crippen molar-refractivity contribution in [3.05, 3.63) is 18.2 Å². The smallest absolute Gasteiger partial charge is 0.195 e. The van der Waals surface area contributed by atoms with Crippen LogP contribution in [0.3, 0.4) is 0 Å². The van der Waals surface area contributed by atoms with Gasteiger partial charge in [0.15, 0.2) is 17.5 Å². The Morgan fingerprint density at radius 2 is 2.10 bits per heavy atom. The second kappa shape index (κ2) is 13.9. The van der Waals surface area contributed by atoms with Crippen LogP contribution in [-0.4, -0.2) is 70.0 Å². The first kappa shape index (κ1) is 25.8. The van der Waals surface area contributed by atoms with Gasteiger partial charge in [-0.1, -0.05) is 13.8 Å². The van der Waals surface area contributed by atoms with Crippen molar-refractivity contribution in [1.82, 2.24) is 10.2 Å². The Labute approximate surface area is 192 Å². The summed E-state index contributed by atoms with van der Waals surface area (Å²) in [6.07, 6.45) is 0.123. The number of hydrogen-bond donors (Lipinski definition) is 2. The summed E-state index contributed by atoms with van der Waals surface area (Å²) in [5.74, 6) is 2.83. The van der Waals surface area contributed by atoms with Crippen molar-refractivity contribution in [2.24, 2.45) is 10.9 Å². The molecule has 1 saturated heterocycles. The molecule has 1 aliphatic heterocycles. The van der Waals surface area contributed by atoms with Crippen LogP contribution >= 0.6 is 24.0 Å². The van der Waals surface area contributed by atoms with Crippen LogP contribution in [-0.2, 0) is 4.74 Å². The van der Waals surface area contributed by atoms with Crippen molar-refractivity contribution in [2.75, 3.05) is 58.4 Å². The molecule has 1 aromatic carbocycles. The van der Waals surface area contributed by atoms with E-state index < -0.39 is 0 Å². The highest BCUT2D eigenvalue weighted by Crippen LogP contribution is 2.30. The van der Waals surface area contributed by atoms with E-state index in [1.807, 2.05) is 25.1 Å². The molecule has 0 saturated carbocycles. The highest BCUT2D eigenvalue weighted by molar-refractivity contribution is 14.0. The van der Waals surface area contributed by atoms with E-state index in [1.54, 1.807) is 7.11 Å². The van der Waals surface area contributed by atoms with E-state index in [2.05, 4.69) is 36.3 Å². The maximum absolute atomic E-state index is 5.91. The molecule has 0 amide bonds. The largest absolute Gasteiger partial charge is 0.493 e. The van der Waals surface area contributed by atoms with Gasteiger partial charge in [-0.05, 0) is 31.9 Å². The van der Waals surface area contributed by atoms with Crippen LogP contribution in [0.25, 0.3) is 0 Å². The molecule has 1 unspecified atom stereocenters. The van der Waals surface area contributed by atoms with E-state index in [-0.39, 0.29) is 30.1 Å². The van der Waals surface area contributed by atoms with E-state index in [0.717, 1.165) is 50.2 Å². The van der Waals surface area contributed by atoms with Gasteiger partial charge in [-0.25, -0.2) is 0 Å². The van der Waals surface area contributed by atoms with Crippen LogP contribution < -0.4 is 20.1 Å². The Morgan fingerprint density at radius 1 is 1.31 bits per heavy atom. The van der Waals surface area contributed by atoms with Gasteiger partial charge in [-0.15, -0.1) is 24.0 Å². The van der Waals surface area contributed by atoms with Crippen LogP contribution in [0.1, 0.15) is 27.7 Å². The standard InChI is InChI=1S/C21H36N4O3.HI/c1-6-22-21(23-13-18-15-25(10-11-28-18)14-16(3)4)24-17-8-9-19(27-7-2)20(12-17)26-5;/h8-9,12,16,18H,6-7,10-11,13-15H2,1-5H3,(H2,22,23,24);1H. The number of hydrogen-bond acceptors (Lipinski definition) is 5. The number of nitrogens with zero attached hydrogens (tertiary/aromatic N) is 2. The van der Waals surface area contributed by atoms with Gasteiger partial charge in [0.2, 0.25) is 0 Å². The molecule has 0 radical (unpaired) electrons. The van der Waals surface area contributed by atoms with Gasteiger partial charge in [-0.3, -0.25) is 9.89 Å². The van der Waals surface area contributed by atoms with Crippen LogP contribution in [0.2, 0.25) is 0 Å². The number of ether oxygens (including phenoxy) is 3. The van der Waals surface area contributed by atoms with E-state index in [1.165, 1.54) is 0 Å². The van der Waals surface area contributed by atoms with Crippen molar-refractivity contribution in [3.8, 4) is 11.5 Å². The molecular weight excluding hydrogens is 483 g/mol. The topological polar surface area (TPSA) is 67.4 Å². The second-order valence-electron chi connectivity index (χ2n) is 7.29. The molecule has 2 rings (SSSR count). The first-order chi connectivity index (χ1) is 13.5. The highest BCUT2D eigenvalue weighted by Gasteiger charge is 2.20. The van der Waals surface area contributed by atoms with Crippen molar-refractivity contribution in [3.63, 3.8) is 0 Å².